The van der Waals surface area contributed by atoms with Crippen molar-refractivity contribution in [3.63, 3.8) is 0 Å². The van der Waals surface area contributed by atoms with Gasteiger partial charge in [-0.1, -0.05) is 15.9 Å². The first-order chi connectivity index (χ1) is 8.47. The molecule has 2 rings (SSSR count). The molecule has 1 aliphatic heterocycles. The van der Waals surface area contributed by atoms with Crippen molar-refractivity contribution in [2.75, 3.05) is 13.1 Å². The Morgan fingerprint density at radius 3 is 2.78 bits per heavy atom. The summed E-state index contributed by atoms with van der Waals surface area (Å²) in [4.78, 5) is 24.0. The van der Waals surface area contributed by atoms with Crippen molar-refractivity contribution in [2.24, 2.45) is 0 Å². The Morgan fingerprint density at radius 1 is 1.50 bits per heavy atom. The Balaban J connectivity index is 2.27. The lowest BCUT2D eigenvalue weighted by atomic mass is 10.2. The van der Waals surface area contributed by atoms with E-state index in [1.165, 1.54) is 12.1 Å². The molecule has 1 amide bonds. The Labute approximate surface area is 117 Å². The van der Waals surface area contributed by atoms with Gasteiger partial charge in [0.25, 0.3) is 11.6 Å². The van der Waals surface area contributed by atoms with Gasteiger partial charge in [0, 0.05) is 35.3 Å². The zero-order valence-electron chi connectivity index (χ0n) is 9.31. The van der Waals surface area contributed by atoms with Crippen molar-refractivity contribution in [3.8, 4) is 0 Å². The van der Waals surface area contributed by atoms with E-state index in [9.17, 15) is 14.9 Å². The van der Waals surface area contributed by atoms with Crippen LogP contribution in [0.1, 0.15) is 16.8 Å². The van der Waals surface area contributed by atoms with E-state index in [0.717, 1.165) is 6.42 Å². The summed E-state index contributed by atoms with van der Waals surface area (Å²) in [6.45, 7) is 1.08. The zero-order chi connectivity index (χ0) is 13.3. The number of hydrogen-bond donors (Lipinski definition) is 0. The Bertz CT molecular complexity index is 509. The molecule has 1 saturated heterocycles. The molecule has 1 aromatic rings. The van der Waals surface area contributed by atoms with Gasteiger partial charge in [0.05, 0.1) is 10.3 Å². The van der Waals surface area contributed by atoms with Crippen molar-refractivity contribution in [1.82, 2.24) is 4.90 Å². The Kier molecular flexibility index (Phi) is 3.87. The molecular formula is C11H10BrClN2O3. The largest absolute Gasteiger partial charge is 0.337 e. The van der Waals surface area contributed by atoms with Crippen LogP contribution >= 0.6 is 27.5 Å². The summed E-state index contributed by atoms with van der Waals surface area (Å²) >= 11 is 9.11. The maximum absolute atomic E-state index is 12.1. The van der Waals surface area contributed by atoms with Crippen molar-refractivity contribution >= 4 is 39.1 Å². The molecule has 1 fully saturated rings. The molecule has 0 N–H and O–H groups in total. The van der Waals surface area contributed by atoms with Crippen molar-refractivity contribution < 1.29 is 9.72 Å². The molecule has 0 radical (unpaired) electrons. The summed E-state index contributed by atoms with van der Waals surface area (Å²) in [5.74, 6) is -0.220. The molecule has 0 spiro atoms. The minimum absolute atomic E-state index is 0.0314. The minimum Gasteiger partial charge on any atom is -0.337 e. The van der Waals surface area contributed by atoms with E-state index >= 15 is 0 Å². The number of carbonyl (C=O) groups is 1. The van der Waals surface area contributed by atoms with Crippen LogP contribution in [0.25, 0.3) is 0 Å². The molecule has 18 heavy (non-hydrogen) atoms. The summed E-state index contributed by atoms with van der Waals surface area (Å²) in [6, 6.07) is 4.23. The number of halogens is 2. The molecule has 0 aromatic heterocycles. The van der Waals surface area contributed by atoms with Crippen LogP contribution < -0.4 is 0 Å². The van der Waals surface area contributed by atoms with E-state index < -0.39 is 4.92 Å². The molecule has 0 saturated carbocycles. The molecule has 96 valence electrons. The van der Waals surface area contributed by atoms with Crippen molar-refractivity contribution in [3.05, 3.63) is 38.3 Å². The number of nitrogens with zero attached hydrogens (tertiary/aromatic N) is 2. The number of nitro benzene ring substituents is 1. The highest BCUT2D eigenvalue weighted by Crippen LogP contribution is 2.24. The molecule has 5 nitrogen and oxygen atoms in total. The first-order valence-electron chi connectivity index (χ1n) is 5.35. The van der Waals surface area contributed by atoms with Gasteiger partial charge in [0.1, 0.15) is 0 Å². The number of benzene rings is 1. The van der Waals surface area contributed by atoms with Crippen LogP contribution in [0, 0.1) is 10.1 Å². The second-order valence-electron chi connectivity index (χ2n) is 4.09. The molecule has 1 atom stereocenters. The maximum Gasteiger partial charge on any atom is 0.271 e. The topological polar surface area (TPSA) is 63.4 Å². The molecule has 1 heterocycles. The number of nitro groups is 1. The predicted octanol–water partition coefficient (Wildman–Crippen LogP) is 2.81. The van der Waals surface area contributed by atoms with Gasteiger partial charge >= 0.3 is 0 Å². The third-order valence-corrected chi connectivity index (χ3v) is 3.57. The Morgan fingerprint density at radius 2 is 2.22 bits per heavy atom. The molecule has 0 aliphatic carbocycles. The van der Waals surface area contributed by atoms with Gasteiger partial charge in [0.2, 0.25) is 0 Å². The molecular weight excluding hydrogens is 323 g/mol. The molecule has 1 aromatic carbocycles. The van der Waals surface area contributed by atoms with Crippen LogP contribution in [-0.4, -0.2) is 34.2 Å². The third-order valence-electron chi connectivity index (χ3n) is 2.76. The van der Waals surface area contributed by atoms with Crippen LogP contribution in [0.5, 0.6) is 0 Å². The number of amides is 1. The fourth-order valence-corrected chi connectivity index (χ4v) is 2.63. The second-order valence-corrected chi connectivity index (χ2v) is 5.63. The zero-order valence-corrected chi connectivity index (χ0v) is 11.6. The molecule has 0 bridgehead atoms. The smallest absolute Gasteiger partial charge is 0.271 e. The van der Waals surface area contributed by atoms with E-state index in [0.29, 0.717) is 23.1 Å². The highest BCUT2D eigenvalue weighted by Gasteiger charge is 2.26. The van der Waals surface area contributed by atoms with Gasteiger partial charge in [-0.05, 0) is 12.5 Å². The normalized spacial score (nSPS) is 19.0. The van der Waals surface area contributed by atoms with Gasteiger partial charge in [0.15, 0.2) is 0 Å². The number of non-ortho nitro benzene ring substituents is 1. The Hall–Kier alpha value is -1.14. The first kappa shape index (κ1) is 13.3. The van der Waals surface area contributed by atoms with Crippen LogP contribution in [0.4, 0.5) is 5.69 Å². The van der Waals surface area contributed by atoms with Crippen LogP contribution in [0.3, 0.4) is 0 Å². The fraction of sp³-hybridized carbons (Fsp3) is 0.364. The summed E-state index contributed by atoms with van der Waals surface area (Å²) in [7, 11) is 0. The quantitative estimate of drug-likeness (QED) is 0.475. The van der Waals surface area contributed by atoms with Crippen LogP contribution in [0.15, 0.2) is 22.7 Å². The van der Waals surface area contributed by atoms with E-state index in [1.54, 1.807) is 11.0 Å². The lowest BCUT2D eigenvalue weighted by Gasteiger charge is -2.15. The number of rotatable bonds is 2. The van der Waals surface area contributed by atoms with Gasteiger partial charge in [-0.15, -0.1) is 11.6 Å². The summed E-state index contributed by atoms with van der Waals surface area (Å²) in [6.07, 6.45) is 0.753. The van der Waals surface area contributed by atoms with Crippen molar-refractivity contribution in [1.29, 1.82) is 0 Å². The number of carbonyl (C=O) groups excluding carboxylic acids is 1. The molecule has 1 aliphatic rings. The highest BCUT2D eigenvalue weighted by atomic mass is 79.9. The average Bonchev–Trinajstić information content (AvgIpc) is 2.74. The van der Waals surface area contributed by atoms with Crippen molar-refractivity contribution in [2.45, 2.75) is 11.8 Å². The highest BCUT2D eigenvalue weighted by molar-refractivity contribution is 9.10. The molecule has 7 heteroatoms. The number of hydrogen-bond acceptors (Lipinski definition) is 3. The SMILES string of the molecule is O=C(c1cc(Br)cc([N+](=O)[O-])c1)N1CCC(Cl)C1. The van der Waals surface area contributed by atoms with Gasteiger partial charge in [-0.25, -0.2) is 0 Å². The lowest BCUT2D eigenvalue weighted by Crippen LogP contribution is -2.28. The first-order valence-corrected chi connectivity index (χ1v) is 6.58. The van der Waals surface area contributed by atoms with Gasteiger partial charge in [-0.3, -0.25) is 14.9 Å². The second kappa shape index (κ2) is 5.24. The summed E-state index contributed by atoms with van der Waals surface area (Å²) < 4.78 is 0.515. The third kappa shape index (κ3) is 2.81. The average molecular weight is 334 g/mol. The standard InChI is InChI=1S/C11H10BrClN2O3/c12-8-3-7(4-10(5-8)15(17)18)11(16)14-2-1-9(13)6-14/h3-5,9H,1-2,6H2. The molecule has 1 unspecified atom stereocenters. The van der Waals surface area contributed by atoms with E-state index in [-0.39, 0.29) is 17.0 Å². The lowest BCUT2D eigenvalue weighted by molar-refractivity contribution is -0.385. The summed E-state index contributed by atoms with van der Waals surface area (Å²) in [5.41, 5.74) is 0.205. The minimum atomic E-state index is -0.518. The number of likely N-dealkylation sites (tertiary alicyclic amines) is 1. The number of alkyl halides is 1. The van der Waals surface area contributed by atoms with E-state index in [4.69, 9.17) is 11.6 Å². The van der Waals surface area contributed by atoms with E-state index in [2.05, 4.69) is 15.9 Å². The van der Waals surface area contributed by atoms with Gasteiger partial charge < -0.3 is 4.90 Å². The van der Waals surface area contributed by atoms with Crippen LogP contribution in [0.2, 0.25) is 0 Å². The fourth-order valence-electron chi connectivity index (χ4n) is 1.89. The maximum atomic E-state index is 12.1. The monoisotopic (exact) mass is 332 g/mol. The van der Waals surface area contributed by atoms with Crippen LogP contribution in [-0.2, 0) is 0 Å². The van der Waals surface area contributed by atoms with Gasteiger partial charge in [-0.2, -0.15) is 0 Å². The predicted molar refractivity (Wildman–Crippen MR) is 71.0 cm³/mol. The summed E-state index contributed by atoms with van der Waals surface area (Å²) in [5, 5.41) is 10.7. The van der Waals surface area contributed by atoms with E-state index in [1.807, 2.05) is 0 Å².